The summed E-state index contributed by atoms with van der Waals surface area (Å²) in [4.78, 5) is 5.48. The van der Waals surface area contributed by atoms with Crippen LogP contribution in [0.3, 0.4) is 0 Å². The van der Waals surface area contributed by atoms with Crippen LogP contribution in [0, 0.1) is 0 Å². The lowest BCUT2D eigenvalue weighted by Crippen LogP contribution is -2.39. The summed E-state index contributed by atoms with van der Waals surface area (Å²) in [6.45, 7) is 6.43. The first-order valence-corrected chi connectivity index (χ1v) is 9.58. The van der Waals surface area contributed by atoms with Crippen LogP contribution < -0.4 is 10.6 Å². The van der Waals surface area contributed by atoms with E-state index in [1.807, 2.05) is 36.6 Å². The van der Waals surface area contributed by atoms with Gasteiger partial charge in [0.2, 0.25) is 0 Å². The zero-order chi connectivity index (χ0) is 18.4. The number of hydrogen-bond donors (Lipinski definition) is 3. The molecule has 1 atom stereocenters. The molecule has 0 spiro atoms. The summed E-state index contributed by atoms with van der Waals surface area (Å²) in [6.07, 6.45) is 1.12. The Labute approximate surface area is 156 Å². The number of nitrogens with one attached hydrogen (secondary N) is 2. The SMILES string of the molecule is CCNC(=NCc1nncn1CC)NCC(O)c1cc2ccccc2s1. The van der Waals surface area contributed by atoms with Gasteiger partial charge in [-0.05, 0) is 31.4 Å². The van der Waals surface area contributed by atoms with E-state index in [1.165, 1.54) is 4.70 Å². The minimum Gasteiger partial charge on any atom is -0.386 e. The van der Waals surface area contributed by atoms with Crippen molar-refractivity contribution in [3.05, 3.63) is 47.4 Å². The topological polar surface area (TPSA) is 87.4 Å². The van der Waals surface area contributed by atoms with Gasteiger partial charge in [-0.3, -0.25) is 0 Å². The fraction of sp³-hybridized carbons (Fsp3) is 0.389. The number of aromatic nitrogens is 3. The van der Waals surface area contributed by atoms with E-state index in [4.69, 9.17) is 0 Å². The van der Waals surface area contributed by atoms with Crippen LogP contribution in [0.1, 0.15) is 30.7 Å². The lowest BCUT2D eigenvalue weighted by atomic mass is 10.2. The molecule has 0 saturated heterocycles. The van der Waals surface area contributed by atoms with Crippen molar-refractivity contribution < 1.29 is 5.11 Å². The van der Waals surface area contributed by atoms with Gasteiger partial charge >= 0.3 is 0 Å². The number of aryl methyl sites for hydroxylation is 1. The normalized spacial score (nSPS) is 13.1. The third-order valence-corrected chi connectivity index (χ3v) is 5.21. The fourth-order valence-electron chi connectivity index (χ4n) is 2.62. The van der Waals surface area contributed by atoms with Gasteiger partial charge in [-0.2, -0.15) is 0 Å². The highest BCUT2D eigenvalue weighted by Crippen LogP contribution is 2.29. The first-order chi connectivity index (χ1) is 12.7. The predicted molar refractivity (Wildman–Crippen MR) is 105 cm³/mol. The summed E-state index contributed by atoms with van der Waals surface area (Å²) in [6, 6.07) is 10.2. The maximum Gasteiger partial charge on any atom is 0.191 e. The molecule has 3 N–H and O–H groups in total. The lowest BCUT2D eigenvalue weighted by Gasteiger charge is -2.14. The van der Waals surface area contributed by atoms with Crippen LogP contribution in [0.5, 0.6) is 0 Å². The minimum atomic E-state index is -0.587. The Morgan fingerprint density at radius 3 is 2.92 bits per heavy atom. The number of thiophene rings is 1. The van der Waals surface area contributed by atoms with Crippen molar-refractivity contribution in [2.24, 2.45) is 4.99 Å². The fourth-order valence-corrected chi connectivity index (χ4v) is 3.67. The molecule has 2 heterocycles. The highest BCUT2D eigenvalue weighted by atomic mass is 32.1. The maximum atomic E-state index is 10.5. The standard InChI is InChI=1S/C18H24N6OS/c1-3-19-18(21-11-17-23-22-12-24(17)4-2)20-10-14(25)16-9-13-7-5-6-8-15(13)26-16/h5-9,12,14,25H,3-4,10-11H2,1-2H3,(H2,19,20,21). The van der Waals surface area contributed by atoms with Crippen molar-refractivity contribution in [2.75, 3.05) is 13.1 Å². The minimum absolute atomic E-state index is 0.388. The molecule has 1 aromatic carbocycles. The van der Waals surface area contributed by atoms with Gasteiger partial charge in [0.15, 0.2) is 11.8 Å². The van der Waals surface area contributed by atoms with Gasteiger partial charge in [0.1, 0.15) is 19.0 Å². The van der Waals surface area contributed by atoms with Gasteiger partial charge in [-0.1, -0.05) is 18.2 Å². The second-order valence-electron chi connectivity index (χ2n) is 5.81. The Morgan fingerprint density at radius 1 is 1.31 bits per heavy atom. The molecule has 0 aliphatic carbocycles. The van der Waals surface area contributed by atoms with Crippen molar-refractivity contribution in [2.45, 2.75) is 33.0 Å². The molecule has 0 saturated carbocycles. The maximum absolute atomic E-state index is 10.5. The number of nitrogens with zero attached hydrogens (tertiary/aromatic N) is 4. The molecule has 0 aliphatic heterocycles. The van der Waals surface area contributed by atoms with E-state index in [2.05, 4.69) is 38.0 Å². The summed E-state index contributed by atoms with van der Waals surface area (Å²) < 4.78 is 3.14. The van der Waals surface area contributed by atoms with E-state index >= 15 is 0 Å². The Morgan fingerprint density at radius 2 is 2.15 bits per heavy atom. The summed E-state index contributed by atoms with van der Waals surface area (Å²) in [7, 11) is 0. The van der Waals surface area contributed by atoms with Crippen molar-refractivity contribution in [1.82, 2.24) is 25.4 Å². The number of hydrogen-bond acceptors (Lipinski definition) is 5. The Kier molecular flexibility index (Phi) is 6.19. The molecule has 0 radical (unpaired) electrons. The monoisotopic (exact) mass is 372 g/mol. The Hall–Kier alpha value is -2.45. The van der Waals surface area contributed by atoms with Crippen molar-refractivity contribution in [3.63, 3.8) is 0 Å². The first-order valence-electron chi connectivity index (χ1n) is 8.76. The quantitative estimate of drug-likeness (QED) is 0.438. The molecule has 2 aromatic heterocycles. The molecule has 0 aliphatic rings. The number of aliphatic imine (C=N–C) groups is 1. The highest BCUT2D eigenvalue weighted by Gasteiger charge is 2.12. The van der Waals surface area contributed by atoms with E-state index in [0.717, 1.165) is 29.2 Å². The van der Waals surface area contributed by atoms with Gasteiger partial charge in [-0.25, -0.2) is 4.99 Å². The molecule has 3 aromatic rings. The van der Waals surface area contributed by atoms with Crippen LogP contribution in [-0.4, -0.2) is 38.9 Å². The van der Waals surface area contributed by atoms with E-state index in [9.17, 15) is 5.11 Å². The zero-order valence-electron chi connectivity index (χ0n) is 15.0. The average molecular weight is 372 g/mol. The van der Waals surface area contributed by atoms with Gasteiger partial charge in [0, 0.05) is 29.2 Å². The summed E-state index contributed by atoms with van der Waals surface area (Å²) in [5, 5.41) is 26.1. The number of rotatable bonds is 7. The number of guanidine groups is 1. The van der Waals surface area contributed by atoms with Crippen molar-refractivity contribution in [1.29, 1.82) is 0 Å². The molecule has 26 heavy (non-hydrogen) atoms. The molecular weight excluding hydrogens is 348 g/mol. The van der Waals surface area contributed by atoms with Gasteiger partial charge < -0.3 is 20.3 Å². The molecule has 8 heteroatoms. The van der Waals surface area contributed by atoms with E-state index in [-0.39, 0.29) is 0 Å². The van der Waals surface area contributed by atoms with E-state index in [1.54, 1.807) is 17.7 Å². The molecule has 0 amide bonds. The Balaban J connectivity index is 1.63. The molecule has 138 valence electrons. The number of aliphatic hydroxyl groups is 1. The third-order valence-electron chi connectivity index (χ3n) is 4.00. The van der Waals surface area contributed by atoms with E-state index < -0.39 is 6.10 Å². The Bertz CT molecular complexity index is 838. The number of fused-ring (bicyclic) bond motifs is 1. The number of aliphatic hydroxyl groups excluding tert-OH is 1. The molecule has 0 bridgehead atoms. The van der Waals surface area contributed by atoms with Gasteiger partial charge in [-0.15, -0.1) is 21.5 Å². The van der Waals surface area contributed by atoms with Crippen LogP contribution in [0.4, 0.5) is 0 Å². The molecular formula is C18H24N6OS. The summed E-state index contributed by atoms with van der Waals surface area (Å²) in [5.74, 6) is 1.47. The van der Waals surface area contributed by atoms with Crippen molar-refractivity contribution in [3.8, 4) is 0 Å². The molecule has 7 nitrogen and oxygen atoms in total. The predicted octanol–water partition coefficient (Wildman–Crippen LogP) is 2.30. The second-order valence-corrected chi connectivity index (χ2v) is 6.93. The first kappa shape index (κ1) is 18.3. The average Bonchev–Trinajstić information content (AvgIpc) is 3.29. The van der Waals surface area contributed by atoms with Gasteiger partial charge in [0.05, 0.1) is 0 Å². The molecule has 1 unspecified atom stereocenters. The molecule has 3 rings (SSSR count). The van der Waals surface area contributed by atoms with Crippen LogP contribution >= 0.6 is 11.3 Å². The second kappa shape index (κ2) is 8.77. The highest BCUT2D eigenvalue weighted by molar-refractivity contribution is 7.19. The smallest absolute Gasteiger partial charge is 0.191 e. The van der Waals surface area contributed by atoms with E-state index in [0.29, 0.717) is 19.0 Å². The number of benzene rings is 1. The van der Waals surface area contributed by atoms with Gasteiger partial charge in [0.25, 0.3) is 0 Å². The van der Waals surface area contributed by atoms with Crippen molar-refractivity contribution >= 4 is 27.4 Å². The zero-order valence-corrected chi connectivity index (χ0v) is 15.8. The lowest BCUT2D eigenvalue weighted by molar-refractivity contribution is 0.184. The van der Waals surface area contributed by atoms with Crippen LogP contribution in [0.25, 0.3) is 10.1 Å². The van der Waals surface area contributed by atoms with Crippen LogP contribution in [0.15, 0.2) is 41.7 Å². The van der Waals surface area contributed by atoms with Crippen LogP contribution in [-0.2, 0) is 13.1 Å². The summed E-state index contributed by atoms with van der Waals surface area (Å²) in [5.41, 5.74) is 0. The van der Waals surface area contributed by atoms with Crippen LogP contribution in [0.2, 0.25) is 0 Å². The molecule has 0 fully saturated rings. The third kappa shape index (κ3) is 4.39. The largest absolute Gasteiger partial charge is 0.386 e. The summed E-state index contributed by atoms with van der Waals surface area (Å²) >= 11 is 1.61.